The maximum atomic E-state index is 5.09. The summed E-state index contributed by atoms with van der Waals surface area (Å²) in [5, 5.41) is 1.24. The second-order valence-corrected chi connectivity index (χ2v) is 8.88. The van der Waals surface area contributed by atoms with Crippen LogP contribution in [0.3, 0.4) is 0 Å². The lowest BCUT2D eigenvalue weighted by Gasteiger charge is -2.37. The number of hydrogen-bond acceptors (Lipinski definition) is 4. The first-order chi connectivity index (χ1) is 14.7. The second-order valence-electron chi connectivity index (χ2n) is 8.88. The quantitative estimate of drug-likeness (QED) is 0.639. The summed E-state index contributed by atoms with van der Waals surface area (Å²) in [6, 6.07) is 16.1. The van der Waals surface area contributed by atoms with E-state index in [2.05, 4.69) is 81.8 Å². The van der Waals surface area contributed by atoms with Gasteiger partial charge in [0.25, 0.3) is 0 Å². The first-order valence-electron chi connectivity index (χ1n) is 11.4. The zero-order valence-electron chi connectivity index (χ0n) is 18.3. The lowest BCUT2D eigenvalue weighted by molar-refractivity contribution is 0.259. The molecule has 30 heavy (non-hydrogen) atoms. The van der Waals surface area contributed by atoms with Gasteiger partial charge >= 0.3 is 0 Å². The molecule has 0 radical (unpaired) electrons. The lowest BCUT2D eigenvalue weighted by Crippen LogP contribution is -2.47. The van der Waals surface area contributed by atoms with Gasteiger partial charge in [0.15, 0.2) is 0 Å². The van der Waals surface area contributed by atoms with E-state index in [4.69, 9.17) is 4.98 Å². The molecule has 2 aliphatic rings. The van der Waals surface area contributed by atoms with Crippen molar-refractivity contribution in [2.75, 3.05) is 49.1 Å². The van der Waals surface area contributed by atoms with Crippen LogP contribution in [-0.2, 0) is 6.54 Å². The van der Waals surface area contributed by atoms with Crippen LogP contribution in [0.15, 0.2) is 48.7 Å². The molecule has 158 valence electrons. The molecule has 3 aromatic rings. The monoisotopic (exact) mass is 403 g/mol. The van der Waals surface area contributed by atoms with Gasteiger partial charge in [-0.3, -0.25) is 4.90 Å². The number of rotatable bonds is 5. The smallest absolute Gasteiger partial charge is 0.142 e. The predicted molar refractivity (Wildman–Crippen MR) is 126 cm³/mol. The lowest BCUT2D eigenvalue weighted by atomic mass is 10.1. The Labute approximate surface area is 179 Å². The molecule has 2 aromatic heterocycles. The number of likely N-dealkylation sites (tertiary alicyclic amines) is 1. The Bertz CT molecular complexity index is 1000. The van der Waals surface area contributed by atoms with E-state index in [0.29, 0.717) is 0 Å². The average molecular weight is 404 g/mol. The zero-order chi connectivity index (χ0) is 20.5. The maximum Gasteiger partial charge on any atom is 0.142 e. The predicted octanol–water partition coefficient (Wildman–Crippen LogP) is 4.16. The third kappa shape index (κ3) is 3.79. The minimum Gasteiger partial charge on any atom is -0.368 e. The van der Waals surface area contributed by atoms with E-state index in [9.17, 15) is 0 Å². The fraction of sp³-hybridized carbons (Fsp3) is 0.480. The molecular weight excluding hydrogens is 370 g/mol. The minimum absolute atomic E-state index is 0.722. The number of aryl methyl sites for hydroxylation is 1. The standard InChI is InChI=1S/C25H33N5/c1-20-6-3-4-8-23(20)28-15-17-29(18-16-28)24-10-9-22-11-13-30(25(22)26-24)19-14-27-12-5-7-21(27)2/h3-4,6,8-11,13,21H,5,7,12,14-19H2,1-2H3/t21-/m1/s1. The molecule has 5 rings (SSSR count). The Hall–Kier alpha value is -2.53. The van der Waals surface area contributed by atoms with Crippen molar-refractivity contribution in [3.8, 4) is 0 Å². The van der Waals surface area contributed by atoms with Crippen LogP contribution < -0.4 is 9.80 Å². The van der Waals surface area contributed by atoms with Gasteiger partial charge in [0.05, 0.1) is 0 Å². The summed E-state index contributed by atoms with van der Waals surface area (Å²) < 4.78 is 2.34. The number of pyridine rings is 1. The van der Waals surface area contributed by atoms with Crippen LogP contribution >= 0.6 is 0 Å². The van der Waals surface area contributed by atoms with E-state index >= 15 is 0 Å². The summed E-state index contributed by atoms with van der Waals surface area (Å²) in [4.78, 5) is 12.6. The highest BCUT2D eigenvalue weighted by molar-refractivity contribution is 5.78. The summed E-state index contributed by atoms with van der Waals surface area (Å²) in [7, 11) is 0. The van der Waals surface area contributed by atoms with Crippen molar-refractivity contribution in [2.24, 2.45) is 0 Å². The molecule has 5 nitrogen and oxygen atoms in total. The molecule has 0 bridgehead atoms. The van der Waals surface area contributed by atoms with Crippen molar-refractivity contribution < 1.29 is 0 Å². The molecule has 0 amide bonds. The highest BCUT2D eigenvalue weighted by Gasteiger charge is 2.21. The van der Waals surface area contributed by atoms with Gasteiger partial charge in [0, 0.05) is 62.6 Å². The Kier molecular flexibility index (Phi) is 5.38. The third-order valence-electron chi connectivity index (χ3n) is 6.98. The fourth-order valence-corrected chi connectivity index (χ4v) is 5.06. The van der Waals surface area contributed by atoms with E-state index in [1.54, 1.807) is 0 Å². The molecule has 5 heteroatoms. The van der Waals surface area contributed by atoms with Gasteiger partial charge in [0.1, 0.15) is 11.5 Å². The summed E-state index contributed by atoms with van der Waals surface area (Å²) in [6.45, 7) is 12.0. The highest BCUT2D eigenvalue weighted by Crippen LogP contribution is 2.24. The SMILES string of the molecule is Cc1ccccc1N1CCN(c2ccc3ccn(CCN4CCC[C@H]4C)c3n2)CC1. The molecule has 0 saturated carbocycles. The van der Waals surface area contributed by atoms with Gasteiger partial charge in [-0.15, -0.1) is 0 Å². The summed E-state index contributed by atoms with van der Waals surface area (Å²) >= 11 is 0. The van der Waals surface area contributed by atoms with Crippen LogP contribution in [0.4, 0.5) is 11.5 Å². The first kappa shape index (κ1) is 19.4. The molecule has 1 atom stereocenters. The molecule has 0 spiro atoms. The molecule has 2 aliphatic heterocycles. The van der Waals surface area contributed by atoms with Crippen molar-refractivity contribution in [3.63, 3.8) is 0 Å². The first-order valence-corrected chi connectivity index (χ1v) is 11.4. The average Bonchev–Trinajstić information content (AvgIpc) is 3.38. The van der Waals surface area contributed by atoms with Crippen LogP contribution in [0, 0.1) is 6.92 Å². The van der Waals surface area contributed by atoms with Gasteiger partial charge in [-0.1, -0.05) is 18.2 Å². The van der Waals surface area contributed by atoms with Crippen molar-refractivity contribution in [3.05, 3.63) is 54.2 Å². The number of nitrogens with zero attached hydrogens (tertiary/aromatic N) is 5. The third-order valence-corrected chi connectivity index (χ3v) is 6.98. The van der Waals surface area contributed by atoms with E-state index < -0.39 is 0 Å². The Morgan fingerprint density at radius 2 is 1.70 bits per heavy atom. The fourth-order valence-electron chi connectivity index (χ4n) is 5.06. The van der Waals surface area contributed by atoms with E-state index in [0.717, 1.165) is 56.8 Å². The van der Waals surface area contributed by atoms with Crippen LogP contribution in [0.25, 0.3) is 11.0 Å². The topological polar surface area (TPSA) is 27.5 Å². The number of aromatic nitrogens is 2. The summed E-state index contributed by atoms with van der Waals surface area (Å²) in [6.07, 6.45) is 4.88. The van der Waals surface area contributed by atoms with E-state index in [1.165, 1.54) is 36.0 Å². The molecule has 2 fully saturated rings. The van der Waals surface area contributed by atoms with Crippen molar-refractivity contribution in [2.45, 2.75) is 39.3 Å². The van der Waals surface area contributed by atoms with Gasteiger partial charge in [-0.25, -0.2) is 4.98 Å². The molecule has 4 heterocycles. The number of benzene rings is 1. The van der Waals surface area contributed by atoms with E-state index in [1.807, 2.05) is 0 Å². The van der Waals surface area contributed by atoms with Crippen molar-refractivity contribution in [1.29, 1.82) is 0 Å². The molecular formula is C25H33N5. The zero-order valence-corrected chi connectivity index (χ0v) is 18.3. The highest BCUT2D eigenvalue weighted by atomic mass is 15.3. The van der Waals surface area contributed by atoms with Gasteiger partial charge in [0.2, 0.25) is 0 Å². The van der Waals surface area contributed by atoms with Gasteiger partial charge < -0.3 is 14.4 Å². The number of anilines is 2. The molecule has 0 aliphatic carbocycles. The van der Waals surface area contributed by atoms with Gasteiger partial charge in [-0.05, 0) is 63.1 Å². The maximum absolute atomic E-state index is 5.09. The summed E-state index contributed by atoms with van der Waals surface area (Å²) in [5.74, 6) is 1.11. The van der Waals surface area contributed by atoms with Crippen LogP contribution in [0.2, 0.25) is 0 Å². The molecule has 0 unspecified atom stereocenters. The van der Waals surface area contributed by atoms with Gasteiger partial charge in [-0.2, -0.15) is 0 Å². The minimum atomic E-state index is 0.722. The Morgan fingerprint density at radius 3 is 2.47 bits per heavy atom. The Morgan fingerprint density at radius 1 is 0.900 bits per heavy atom. The van der Waals surface area contributed by atoms with Crippen LogP contribution in [0.1, 0.15) is 25.3 Å². The second kappa shape index (κ2) is 8.31. The van der Waals surface area contributed by atoms with E-state index in [-0.39, 0.29) is 0 Å². The number of piperazine rings is 1. The number of para-hydroxylation sites is 1. The molecule has 0 N–H and O–H groups in total. The number of hydrogen-bond donors (Lipinski definition) is 0. The largest absolute Gasteiger partial charge is 0.368 e. The Balaban J connectivity index is 1.28. The normalized spacial score (nSPS) is 20.4. The number of fused-ring (bicyclic) bond motifs is 1. The summed E-state index contributed by atoms with van der Waals surface area (Å²) in [5.41, 5.74) is 3.85. The molecule has 1 aromatic carbocycles. The van der Waals surface area contributed by atoms with Crippen LogP contribution in [0.5, 0.6) is 0 Å². The molecule has 2 saturated heterocycles. The van der Waals surface area contributed by atoms with Crippen molar-refractivity contribution in [1.82, 2.24) is 14.5 Å². The van der Waals surface area contributed by atoms with Crippen LogP contribution in [-0.4, -0.2) is 59.8 Å². The van der Waals surface area contributed by atoms with Crippen molar-refractivity contribution >= 4 is 22.5 Å².